The van der Waals surface area contributed by atoms with Gasteiger partial charge in [-0.3, -0.25) is 14.3 Å². The van der Waals surface area contributed by atoms with Crippen LogP contribution in [0.2, 0.25) is 0 Å². The van der Waals surface area contributed by atoms with Crippen LogP contribution in [0.1, 0.15) is 37.3 Å². The van der Waals surface area contributed by atoms with Crippen molar-refractivity contribution in [1.29, 1.82) is 0 Å². The van der Waals surface area contributed by atoms with E-state index in [2.05, 4.69) is 14.7 Å². The zero-order valence-corrected chi connectivity index (χ0v) is 16.7. The van der Waals surface area contributed by atoms with Crippen LogP contribution in [0.4, 0.5) is 22.0 Å². The van der Waals surface area contributed by atoms with E-state index >= 15 is 0 Å². The molecule has 3 aromatic rings. The van der Waals surface area contributed by atoms with E-state index in [9.17, 15) is 26.7 Å². The van der Waals surface area contributed by atoms with E-state index in [0.717, 1.165) is 18.9 Å². The molecule has 1 N–H and O–H groups in total. The van der Waals surface area contributed by atoms with Gasteiger partial charge in [-0.2, -0.15) is 22.0 Å². The number of hydrogen-bond acceptors (Lipinski definition) is 4. The van der Waals surface area contributed by atoms with Crippen LogP contribution in [0.3, 0.4) is 0 Å². The van der Waals surface area contributed by atoms with E-state index in [4.69, 9.17) is 12.2 Å². The van der Waals surface area contributed by atoms with Gasteiger partial charge in [0.05, 0.1) is 16.6 Å². The monoisotopic (exact) mass is 457 g/mol. The lowest BCUT2D eigenvalue weighted by atomic mass is 10.1. The first-order chi connectivity index (χ1) is 14.6. The number of H-pyrrole nitrogens is 1. The van der Waals surface area contributed by atoms with Crippen LogP contribution in [0, 0.1) is 4.77 Å². The van der Waals surface area contributed by atoms with Gasteiger partial charge < -0.3 is 4.74 Å². The Balaban J connectivity index is 1.98. The highest BCUT2D eigenvalue weighted by Crippen LogP contribution is 2.38. The summed E-state index contributed by atoms with van der Waals surface area (Å²) in [7, 11) is 0. The molecule has 1 fully saturated rings. The number of rotatable bonds is 4. The number of halogens is 5. The van der Waals surface area contributed by atoms with Gasteiger partial charge in [-0.25, -0.2) is 4.98 Å². The maximum atomic E-state index is 13.9. The summed E-state index contributed by atoms with van der Waals surface area (Å²) in [6, 6.07) is 5.69. The molecular formula is C20H16F5N3O2S. The highest BCUT2D eigenvalue weighted by atomic mass is 32.1. The smallest absolute Gasteiger partial charge is 0.417 e. The summed E-state index contributed by atoms with van der Waals surface area (Å²) in [5.74, 6) is -0.138. The first-order valence-corrected chi connectivity index (χ1v) is 9.88. The van der Waals surface area contributed by atoms with Crippen LogP contribution in [0.15, 0.2) is 35.1 Å². The van der Waals surface area contributed by atoms with Crippen LogP contribution >= 0.6 is 12.2 Å². The zero-order valence-electron chi connectivity index (χ0n) is 15.9. The number of alkyl halides is 5. The molecule has 0 aliphatic heterocycles. The van der Waals surface area contributed by atoms with E-state index in [1.54, 1.807) is 0 Å². The van der Waals surface area contributed by atoms with Crippen molar-refractivity contribution < 1.29 is 26.7 Å². The molecule has 0 bridgehead atoms. The maximum absolute atomic E-state index is 13.9. The van der Waals surface area contributed by atoms with Gasteiger partial charge in [0.1, 0.15) is 11.4 Å². The number of aromatic nitrogens is 3. The number of fused-ring (bicyclic) bond motifs is 1. The van der Waals surface area contributed by atoms with Gasteiger partial charge in [0.15, 0.2) is 4.77 Å². The number of ether oxygens (including phenoxy) is 1. The Kier molecular flexibility index (Phi) is 5.54. The predicted molar refractivity (Wildman–Crippen MR) is 106 cm³/mol. The third kappa shape index (κ3) is 4.18. The first-order valence-electron chi connectivity index (χ1n) is 9.47. The fourth-order valence-electron chi connectivity index (χ4n) is 3.93. The quantitative estimate of drug-likeness (QED) is 0.394. The molecule has 2 heterocycles. The van der Waals surface area contributed by atoms with E-state index in [0.29, 0.717) is 12.8 Å². The summed E-state index contributed by atoms with van der Waals surface area (Å²) in [6.45, 7) is -3.02. The first kappa shape index (κ1) is 21.4. The van der Waals surface area contributed by atoms with E-state index in [1.807, 2.05) is 0 Å². The Morgan fingerprint density at radius 2 is 1.81 bits per heavy atom. The van der Waals surface area contributed by atoms with Crippen LogP contribution in [-0.2, 0) is 6.18 Å². The molecule has 2 aromatic heterocycles. The average molecular weight is 457 g/mol. The standard InChI is InChI=1S/C20H16F5N3O2S/c21-18(22)30-12-7-5-10(6-8-12)14-9-13(20(23,24)25)15-16(26-14)28(11-3-1-2-4-11)19(31)27-17(15)29/h5-9,11,18H,1-4H2,(H,27,29,31). The number of aromatic amines is 1. The fourth-order valence-corrected chi connectivity index (χ4v) is 4.25. The van der Waals surface area contributed by atoms with Gasteiger partial charge in [0.2, 0.25) is 0 Å². The van der Waals surface area contributed by atoms with Gasteiger partial charge in [0, 0.05) is 11.6 Å². The zero-order chi connectivity index (χ0) is 22.3. The molecule has 164 valence electrons. The Morgan fingerprint density at radius 1 is 1.16 bits per heavy atom. The average Bonchev–Trinajstić information content (AvgIpc) is 3.20. The molecule has 31 heavy (non-hydrogen) atoms. The minimum absolute atomic E-state index is 0.0165. The number of nitrogens with zero attached hydrogens (tertiary/aromatic N) is 2. The van der Waals surface area contributed by atoms with E-state index in [-0.39, 0.29) is 33.5 Å². The van der Waals surface area contributed by atoms with Crippen LogP contribution in [0.5, 0.6) is 5.75 Å². The maximum Gasteiger partial charge on any atom is 0.417 e. The van der Waals surface area contributed by atoms with E-state index in [1.165, 1.54) is 28.8 Å². The van der Waals surface area contributed by atoms with Gasteiger partial charge in [-0.15, -0.1) is 0 Å². The van der Waals surface area contributed by atoms with Crippen molar-refractivity contribution in [3.63, 3.8) is 0 Å². The highest BCUT2D eigenvalue weighted by molar-refractivity contribution is 7.71. The van der Waals surface area contributed by atoms with Gasteiger partial charge >= 0.3 is 12.8 Å². The van der Waals surface area contributed by atoms with Crippen molar-refractivity contribution in [2.45, 2.75) is 44.5 Å². The van der Waals surface area contributed by atoms with Crippen molar-refractivity contribution in [1.82, 2.24) is 14.5 Å². The second-order valence-electron chi connectivity index (χ2n) is 7.22. The Morgan fingerprint density at radius 3 is 2.39 bits per heavy atom. The summed E-state index contributed by atoms with van der Waals surface area (Å²) in [5.41, 5.74) is -2.04. The second kappa shape index (κ2) is 8.03. The number of nitrogens with one attached hydrogen (secondary N) is 1. The molecule has 0 unspecified atom stereocenters. The summed E-state index contributed by atoms with van der Waals surface area (Å²) in [5, 5.41) is -0.575. The molecule has 0 atom stereocenters. The second-order valence-corrected chi connectivity index (χ2v) is 7.61. The molecule has 0 spiro atoms. The summed E-state index contributed by atoms with van der Waals surface area (Å²) in [4.78, 5) is 19.2. The summed E-state index contributed by atoms with van der Waals surface area (Å²) < 4.78 is 72.2. The number of hydrogen-bond donors (Lipinski definition) is 1. The Labute approximate surface area is 177 Å². The van der Waals surface area contributed by atoms with Crippen LogP contribution in [-0.4, -0.2) is 21.1 Å². The van der Waals surface area contributed by atoms with Crippen molar-refractivity contribution >= 4 is 23.3 Å². The molecule has 1 aromatic carbocycles. The Bertz CT molecular complexity index is 1230. The molecule has 0 radical (unpaired) electrons. The largest absolute Gasteiger partial charge is 0.435 e. The van der Waals surface area contributed by atoms with Crippen LogP contribution < -0.4 is 10.3 Å². The topological polar surface area (TPSA) is 59.9 Å². The molecule has 1 aliphatic carbocycles. The van der Waals surface area contributed by atoms with Crippen LogP contribution in [0.25, 0.3) is 22.3 Å². The lowest BCUT2D eigenvalue weighted by Crippen LogP contribution is -2.22. The minimum atomic E-state index is -4.82. The molecule has 0 amide bonds. The van der Waals surface area contributed by atoms with Gasteiger partial charge in [-0.1, -0.05) is 12.8 Å². The minimum Gasteiger partial charge on any atom is -0.435 e. The normalized spacial score (nSPS) is 15.2. The molecule has 4 rings (SSSR count). The third-order valence-electron chi connectivity index (χ3n) is 5.27. The SMILES string of the molecule is O=c1[nH]c(=S)n(C2CCCC2)c2nc(-c3ccc(OC(F)F)cc3)cc(C(F)(F)F)c12. The van der Waals surface area contributed by atoms with Gasteiger partial charge in [0.25, 0.3) is 5.56 Å². The fraction of sp³-hybridized carbons (Fsp3) is 0.350. The molecule has 1 saturated carbocycles. The molecule has 0 saturated heterocycles. The highest BCUT2D eigenvalue weighted by Gasteiger charge is 2.36. The van der Waals surface area contributed by atoms with Crippen molar-refractivity contribution in [2.75, 3.05) is 0 Å². The summed E-state index contributed by atoms with van der Waals surface area (Å²) in [6.07, 6.45) is -1.61. The molecular weight excluding hydrogens is 441 g/mol. The lowest BCUT2D eigenvalue weighted by Gasteiger charge is -2.19. The molecule has 1 aliphatic rings. The molecule has 11 heteroatoms. The number of pyridine rings is 1. The van der Waals surface area contributed by atoms with Gasteiger partial charge in [-0.05, 0) is 55.4 Å². The lowest BCUT2D eigenvalue weighted by molar-refractivity contribution is -0.136. The summed E-state index contributed by atoms with van der Waals surface area (Å²) >= 11 is 5.26. The van der Waals surface area contributed by atoms with E-state index < -0.39 is 29.3 Å². The Hall–Kier alpha value is -2.82. The third-order valence-corrected chi connectivity index (χ3v) is 5.56. The van der Waals surface area contributed by atoms with Crippen molar-refractivity contribution in [3.8, 4) is 17.0 Å². The number of benzene rings is 1. The molecule has 5 nitrogen and oxygen atoms in total. The predicted octanol–water partition coefficient (Wildman–Crippen LogP) is 5.86. The van der Waals surface area contributed by atoms with Crippen molar-refractivity contribution in [2.24, 2.45) is 0 Å². The van der Waals surface area contributed by atoms with Crippen molar-refractivity contribution in [3.05, 3.63) is 51.0 Å².